The van der Waals surface area contributed by atoms with E-state index >= 15 is 0 Å². The average Bonchev–Trinajstić information content (AvgIpc) is 3.36. The number of carbonyl (C=O) groups is 1. The number of benzene rings is 3. The molecule has 0 bridgehead atoms. The number of rotatable bonds is 5. The minimum Gasteiger partial charge on any atom is -0.497 e. The Morgan fingerprint density at radius 2 is 1.87 bits per heavy atom. The van der Waals surface area contributed by atoms with Crippen LogP contribution < -0.4 is 20.1 Å². The third kappa shape index (κ3) is 3.36. The number of methoxy groups -OCH3 is 2. The van der Waals surface area contributed by atoms with E-state index in [4.69, 9.17) is 14.2 Å². The first-order valence-electron chi connectivity index (χ1n) is 10.0. The normalized spacial score (nSPS) is 16.3. The molecule has 31 heavy (non-hydrogen) atoms. The molecule has 1 amide bonds. The van der Waals surface area contributed by atoms with E-state index in [-0.39, 0.29) is 5.91 Å². The summed E-state index contributed by atoms with van der Waals surface area (Å²) in [5, 5.41) is 6.37. The van der Waals surface area contributed by atoms with E-state index in [2.05, 4.69) is 10.6 Å². The summed E-state index contributed by atoms with van der Waals surface area (Å²) in [7, 11) is 3.28. The molecular formula is C25H22N2O4. The zero-order valence-corrected chi connectivity index (χ0v) is 17.3. The van der Waals surface area contributed by atoms with Crippen LogP contribution in [0.5, 0.6) is 11.5 Å². The first kappa shape index (κ1) is 19.1. The molecule has 0 spiro atoms. The van der Waals surface area contributed by atoms with Crippen molar-refractivity contribution in [2.75, 3.05) is 24.9 Å². The Labute approximate surface area is 180 Å². The summed E-state index contributed by atoms with van der Waals surface area (Å²) in [6.07, 6.45) is 0. The highest BCUT2D eigenvalue weighted by atomic mass is 16.5. The second kappa shape index (κ2) is 7.72. The van der Waals surface area contributed by atoms with Gasteiger partial charge in [0, 0.05) is 46.2 Å². The van der Waals surface area contributed by atoms with E-state index in [9.17, 15) is 4.79 Å². The highest BCUT2D eigenvalue weighted by Gasteiger charge is 2.32. The Morgan fingerprint density at radius 3 is 2.71 bits per heavy atom. The predicted molar refractivity (Wildman–Crippen MR) is 120 cm³/mol. The predicted octanol–water partition coefficient (Wildman–Crippen LogP) is 4.67. The van der Waals surface area contributed by atoms with Gasteiger partial charge in [0.25, 0.3) is 5.91 Å². The quantitative estimate of drug-likeness (QED) is 0.594. The van der Waals surface area contributed by atoms with Crippen molar-refractivity contribution in [2.24, 2.45) is 0 Å². The number of hydrogen-bond acceptors (Lipinski definition) is 5. The molecule has 2 N–H and O–H groups in total. The number of nitrogens with one attached hydrogen (secondary N) is 2. The van der Waals surface area contributed by atoms with Crippen molar-refractivity contribution in [3.63, 3.8) is 0 Å². The van der Waals surface area contributed by atoms with Crippen molar-refractivity contribution in [3.05, 3.63) is 82.9 Å². The van der Waals surface area contributed by atoms with Gasteiger partial charge in [-0.2, -0.15) is 0 Å². The van der Waals surface area contributed by atoms with Crippen LogP contribution in [-0.2, 0) is 22.7 Å². The molecule has 5 rings (SSSR count). The number of carbonyl (C=O) groups excluding carboxylic acids is 1. The van der Waals surface area contributed by atoms with E-state index in [0.717, 1.165) is 45.1 Å². The van der Waals surface area contributed by atoms with Gasteiger partial charge < -0.3 is 24.8 Å². The van der Waals surface area contributed by atoms with Crippen LogP contribution in [0, 0.1) is 0 Å². The largest absolute Gasteiger partial charge is 0.497 e. The summed E-state index contributed by atoms with van der Waals surface area (Å²) in [5.41, 5.74) is 6.23. The van der Waals surface area contributed by atoms with Crippen LogP contribution >= 0.6 is 0 Å². The van der Waals surface area contributed by atoms with Crippen molar-refractivity contribution < 1.29 is 19.0 Å². The summed E-state index contributed by atoms with van der Waals surface area (Å²) in [6, 6.07) is 19.5. The lowest BCUT2D eigenvalue weighted by atomic mass is 10.00. The van der Waals surface area contributed by atoms with Gasteiger partial charge in [-0.3, -0.25) is 4.79 Å². The Hall–Kier alpha value is -3.93. The zero-order chi connectivity index (χ0) is 21.4. The summed E-state index contributed by atoms with van der Waals surface area (Å²) in [4.78, 5) is 12.7. The van der Waals surface area contributed by atoms with Gasteiger partial charge in [-0.25, -0.2) is 0 Å². The number of anilines is 2. The van der Waals surface area contributed by atoms with Gasteiger partial charge in [0.15, 0.2) is 0 Å². The first-order valence-corrected chi connectivity index (χ1v) is 10.0. The lowest BCUT2D eigenvalue weighted by Crippen LogP contribution is -2.06. The molecule has 0 unspecified atom stereocenters. The first-order chi connectivity index (χ1) is 15.2. The van der Waals surface area contributed by atoms with Crippen LogP contribution in [0.25, 0.3) is 11.3 Å². The molecule has 0 aromatic heterocycles. The lowest BCUT2D eigenvalue weighted by Gasteiger charge is -2.13. The third-order valence-corrected chi connectivity index (χ3v) is 5.60. The molecule has 3 aromatic carbocycles. The SMILES string of the molecule is COc1ccc(CNc2ccc3c(c2)C(=C2C(=O)Nc4ccccc42)OC3)c(OC)c1. The van der Waals surface area contributed by atoms with Gasteiger partial charge in [0.2, 0.25) is 0 Å². The van der Waals surface area contributed by atoms with Crippen molar-refractivity contribution in [2.45, 2.75) is 13.2 Å². The number of fused-ring (bicyclic) bond motifs is 2. The molecule has 6 heteroatoms. The molecule has 0 radical (unpaired) electrons. The monoisotopic (exact) mass is 414 g/mol. The Balaban J connectivity index is 1.45. The van der Waals surface area contributed by atoms with Gasteiger partial charge >= 0.3 is 0 Å². The van der Waals surface area contributed by atoms with E-state index < -0.39 is 0 Å². The summed E-state index contributed by atoms with van der Waals surface area (Å²) < 4.78 is 16.7. The highest BCUT2D eigenvalue weighted by Crippen LogP contribution is 2.42. The summed E-state index contributed by atoms with van der Waals surface area (Å²) in [5.74, 6) is 2.01. The fourth-order valence-electron chi connectivity index (χ4n) is 4.00. The minimum atomic E-state index is -0.134. The molecule has 2 heterocycles. The molecule has 0 saturated carbocycles. The standard InChI is InChI=1S/C25H22N2O4/c1-29-18-10-8-15(22(12-18)30-2)13-26-17-9-7-16-14-31-24(20(16)11-17)23-19-5-3-4-6-21(19)27-25(23)28/h3-12,26H,13-14H2,1-2H3,(H,27,28). The van der Waals surface area contributed by atoms with E-state index in [1.807, 2.05) is 60.7 Å². The molecule has 0 fully saturated rings. The molecule has 2 aliphatic rings. The number of amides is 1. The lowest BCUT2D eigenvalue weighted by molar-refractivity contribution is -0.110. The second-order valence-electron chi connectivity index (χ2n) is 7.40. The van der Waals surface area contributed by atoms with Crippen LogP contribution in [0.3, 0.4) is 0 Å². The van der Waals surface area contributed by atoms with Crippen LogP contribution in [0.15, 0.2) is 60.7 Å². The summed E-state index contributed by atoms with van der Waals surface area (Å²) >= 11 is 0. The van der Waals surface area contributed by atoms with Crippen molar-refractivity contribution in [1.29, 1.82) is 0 Å². The Morgan fingerprint density at radius 1 is 1.00 bits per heavy atom. The van der Waals surface area contributed by atoms with Crippen LogP contribution in [0.4, 0.5) is 11.4 Å². The topological polar surface area (TPSA) is 68.8 Å². The highest BCUT2D eigenvalue weighted by molar-refractivity contribution is 6.36. The van der Waals surface area contributed by atoms with Gasteiger partial charge in [-0.05, 0) is 30.3 Å². The molecule has 156 valence electrons. The maximum Gasteiger partial charge on any atom is 0.260 e. The average molecular weight is 414 g/mol. The third-order valence-electron chi connectivity index (χ3n) is 5.60. The zero-order valence-electron chi connectivity index (χ0n) is 17.3. The molecule has 2 aliphatic heterocycles. The molecular weight excluding hydrogens is 392 g/mol. The fraction of sp³-hybridized carbons (Fsp3) is 0.160. The van der Waals surface area contributed by atoms with Gasteiger partial charge in [-0.15, -0.1) is 0 Å². The maximum atomic E-state index is 12.7. The smallest absolute Gasteiger partial charge is 0.260 e. The Bertz CT molecular complexity index is 1220. The molecule has 6 nitrogen and oxygen atoms in total. The van der Waals surface area contributed by atoms with Crippen LogP contribution in [0.1, 0.15) is 22.3 Å². The van der Waals surface area contributed by atoms with Crippen molar-refractivity contribution in [3.8, 4) is 11.5 Å². The maximum absolute atomic E-state index is 12.7. The molecule has 3 aromatic rings. The number of para-hydroxylation sites is 1. The molecule has 0 saturated heterocycles. The summed E-state index contributed by atoms with van der Waals surface area (Å²) in [6.45, 7) is 1.04. The van der Waals surface area contributed by atoms with Gasteiger partial charge in [-0.1, -0.05) is 24.3 Å². The van der Waals surface area contributed by atoms with E-state index in [0.29, 0.717) is 24.5 Å². The van der Waals surface area contributed by atoms with E-state index in [1.54, 1.807) is 14.2 Å². The van der Waals surface area contributed by atoms with Crippen molar-refractivity contribution >= 4 is 28.6 Å². The van der Waals surface area contributed by atoms with Crippen molar-refractivity contribution in [1.82, 2.24) is 0 Å². The minimum absolute atomic E-state index is 0.134. The van der Waals surface area contributed by atoms with Gasteiger partial charge in [0.05, 0.1) is 19.8 Å². The van der Waals surface area contributed by atoms with Crippen LogP contribution in [0.2, 0.25) is 0 Å². The molecule has 0 atom stereocenters. The van der Waals surface area contributed by atoms with Gasteiger partial charge in [0.1, 0.15) is 23.9 Å². The van der Waals surface area contributed by atoms with Crippen LogP contribution in [-0.4, -0.2) is 20.1 Å². The number of ether oxygens (including phenoxy) is 3. The number of hydrogen-bond donors (Lipinski definition) is 2. The molecule has 0 aliphatic carbocycles. The fourth-order valence-corrected chi connectivity index (χ4v) is 4.00. The Kier molecular flexibility index (Phi) is 4.75. The van der Waals surface area contributed by atoms with E-state index in [1.165, 1.54) is 0 Å². The second-order valence-corrected chi connectivity index (χ2v) is 7.40.